The van der Waals surface area contributed by atoms with E-state index >= 15 is 0 Å². The molecule has 102 valence electrons. The summed E-state index contributed by atoms with van der Waals surface area (Å²) in [7, 11) is 0. The average molecular weight is 250 g/mol. The molecule has 4 nitrogen and oxygen atoms in total. The molecule has 0 bridgehead atoms. The van der Waals surface area contributed by atoms with E-state index in [4.69, 9.17) is 10.8 Å². The van der Waals surface area contributed by atoms with Gasteiger partial charge >= 0.3 is 0 Å². The molecule has 1 aromatic rings. The molecule has 4 heteroatoms. The minimum absolute atomic E-state index is 0.347. The smallest absolute Gasteiger partial charge is 0.0764 e. The highest BCUT2D eigenvalue weighted by Gasteiger charge is 2.17. The van der Waals surface area contributed by atoms with E-state index in [2.05, 4.69) is 35.7 Å². The van der Waals surface area contributed by atoms with E-state index in [0.717, 1.165) is 32.5 Å². The lowest BCUT2D eigenvalue weighted by atomic mass is 10.1. The molecular formula is C14H26N4. The van der Waals surface area contributed by atoms with E-state index in [1.807, 2.05) is 0 Å². The number of hydrogen-bond donors (Lipinski definition) is 1. The number of likely N-dealkylation sites (tertiary alicyclic amines) is 1. The van der Waals surface area contributed by atoms with Gasteiger partial charge in [-0.3, -0.25) is 9.58 Å². The van der Waals surface area contributed by atoms with Crippen LogP contribution >= 0.6 is 0 Å². The highest BCUT2D eigenvalue weighted by molar-refractivity contribution is 5.00. The zero-order chi connectivity index (χ0) is 13.0. The minimum atomic E-state index is 0.347. The van der Waals surface area contributed by atoms with Crippen molar-refractivity contribution in [2.45, 2.75) is 58.2 Å². The third-order valence-corrected chi connectivity index (χ3v) is 3.91. The van der Waals surface area contributed by atoms with Crippen molar-refractivity contribution in [1.29, 1.82) is 0 Å². The molecule has 0 aliphatic carbocycles. The third-order valence-electron chi connectivity index (χ3n) is 3.91. The Morgan fingerprint density at radius 1 is 1.44 bits per heavy atom. The summed E-state index contributed by atoms with van der Waals surface area (Å²) in [5, 5.41) is 4.71. The van der Waals surface area contributed by atoms with E-state index in [0.29, 0.717) is 12.1 Å². The van der Waals surface area contributed by atoms with Crippen LogP contribution < -0.4 is 5.73 Å². The van der Waals surface area contributed by atoms with Gasteiger partial charge in [0.2, 0.25) is 0 Å². The molecule has 2 rings (SSSR count). The molecule has 18 heavy (non-hydrogen) atoms. The molecule has 2 heterocycles. The van der Waals surface area contributed by atoms with Gasteiger partial charge in [-0.15, -0.1) is 0 Å². The van der Waals surface area contributed by atoms with Crippen LogP contribution in [-0.2, 0) is 6.54 Å². The predicted octanol–water partition coefficient (Wildman–Crippen LogP) is 2.17. The zero-order valence-electron chi connectivity index (χ0n) is 11.7. The first-order valence-corrected chi connectivity index (χ1v) is 7.24. The van der Waals surface area contributed by atoms with Crippen molar-refractivity contribution >= 4 is 0 Å². The first-order valence-electron chi connectivity index (χ1n) is 7.24. The van der Waals surface area contributed by atoms with E-state index < -0.39 is 0 Å². The van der Waals surface area contributed by atoms with Crippen LogP contribution in [0.1, 0.15) is 51.3 Å². The van der Waals surface area contributed by atoms with E-state index in [9.17, 15) is 0 Å². The van der Waals surface area contributed by atoms with Gasteiger partial charge in [-0.1, -0.05) is 13.8 Å². The van der Waals surface area contributed by atoms with Crippen LogP contribution in [0, 0.1) is 0 Å². The molecule has 2 N–H and O–H groups in total. The Labute approximate surface area is 110 Å². The highest BCUT2D eigenvalue weighted by Crippen LogP contribution is 2.16. The number of aromatic nitrogens is 2. The maximum atomic E-state index is 6.01. The second-order valence-electron chi connectivity index (χ2n) is 5.39. The molecule has 1 atom stereocenters. The van der Waals surface area contributed by atoms with Gasteiger partial charge in [0.15, 0.2) is 0 Å². The molecule has 1 aliphatic rings. The van der Waals surface area contributed by atoms with Gasteiger partial charge in [0.1, 0.15) is 0 Å². The van der Waals surface area contributed by atoms with Gasteiger partial charge in [-0.25, -0.2) is 0 Å². The number of nitrogens with two attached hydrogens (primary N) is 1. The summed E-state index contributed by atoms with van der Waals surface area (Å²) in [5.74, 6) is 0. The summed E-state index contributed by atoms with van der Waals surface area (Å²) in [6.07, 6.45) is 6.79. The molecule has 1 fully saturated rings. The topological polar surface area (TPSA) is 47.1 Å². The lowest BCUT2D eigenvalue weighted by molar-refractivity contribution is 0.198. The fraction of sp³-hybridized carbons (Fsp3) is 0.786. The molecule has 0 radical (unpaired) electrons. The Morgan fingerprint density at radius 2 is 2.22 bits per heavy atom. The Bertz CT molecular complexity index is 356. The first-order chi connectivity index (χ1) is 8.72. The van der Waals surface area contributed by atoms with Crippen LogP contribution in [0.4, 0.5) is 0 Å². The molecule has 0 spiro atoms. The monoisotopic (exact) mass is 250 g/mol. The molecule has 1 aromatic heterocycles. The summed E-state index contributed by atoms with van der Waals surface area (Å²) in [6, 6.07) is 3.04. The van der Waals surface area contributed by atoms with Crippen molar-refractivity contribution in [3.05, 3.63) is 18.0 Å². The molecule has 0 amide bonds. The van der Waals surface area contributed by atoms with E-state index in [-0.39, 0.29) is 0 Å². The zero-order valence-corrected chi connectivity index (χ0v) is 11.7. The maximum absolute atomic E-state index is 6.01. The Balaban J connectivity index is 1.93. The lowest BCUT2D eigenvalue weighted by Gasteiger charge is -2.29. The largest absolute Gasteiger partial charge is 0.327 e. The molecular weight excluding hydrogens is 224 g/mol. The fourth-order valence-corrected chi connectivity index (χ4v) is 2.79. The second-order valence-corrected chi connectivity index (χ2v) is 5.39. The SMILES string of the molecule is CCC(CC)n1ccc(CN2CCC[C@@H](N)C2)n1. The van der Waals surface area contributed by atoms with Gasteiger partial charge < -0.3 is 5.73 Å². The van der Waals surface area contributed by atoms with Crippen LogP contribution in [-0.4, -0.2) is 33.8 Å². The number of piperidine rings is 1. The number of nitrogens with zero attached hydrogens (tertiary/aromatic N) is 3. The van der Waals surface area contributed by atoms with Crippen LogP contribution in [0.25, 0.3) is 0 Å². The predicted molar refractivity (Wildman–Crippen MR) is 74.3 cm³/mol. The summed E-state index contributed by atoms with van der Waals surface area (Å²) in [5.41, 5.74) is 7.18. The van der Waals surface area contributed by atoms with E-state index in [1.54, 1.807) is 0 Å². The van der Waals surface area contributed by atoms with Crippen molar-refractivity contribution in [2.75, 3.05) is 13.1 Å². The van der Waals surface area contributed by atoms with Crippen LogP contribution in [0.15, 0.2) is 12.3 Å². The quantitative estimate of drug-likeness (QED) is 0.871. The molecule has 0 unspecified atom stereocenters. The van der Waals surface area contributed by atoms with Crippen LogP contribution in [0.2, 0.25) is 0 Å². The van der Waals surface area contributed by atoms with Gasteiger partial charge in [-0.2, -0.15) is 5.10 Å². The minimum Gasteiger partial charge on any atom is -0.327 e. The van der Waals surface area contributed by atoms with Gasteiger partial charge in [0.25, 0.3) is 0 Å². The molecule has 1 saturated heterocycles. The van der Waals surface area contributed by atoms with Crippen LogP contribution in [0.5, 0.6) is 0 Å². The van der Waals surface area contributed by atoms with Crippen molar-refractivity contribution in [1.82, 2.24) is 14.7 Å². The summed E-state index contributed by atoms with van der Waals surface area (Å²) in [6.45, 7) is 7.56. The van der Waals surface area contributed by atoms with Gasteiger partial charge in [0, 0.05) is 25.3 Å². The standard InChI is InChI=1S/C14H26N4/c1-3-14(4-2)18-9-7-13(16-18)11-17-8-5-6-12(15)10-17/h7,9,12,14H,3-6,8,10-11,15H2,1-2H3/t12-/m1/s1. The van der Waals surface area contributed by atoms with E-state index in [1.165, 1.54) is 18.5 Å². The lowest BCUT2D eigenvalue weighted by Crippen LogP contribution is -2.42. The summed E-state index contributed by atoms with van der Waals surface area (Å²) in [4.78, 5) is 2.42. The molecule has 1 aliphatic heterocycles. The maximum Gasteiger partial charge on any atom is 0.0764 e. The Kier molecular flexibility index (Phi) is 4.78. The normalized spacial score (nSPS) is 21.7. The van der Waals surface area contributed by atoms with Crippen LogP contribution in [0.3, 0.4) is 0 Å². The molecule has 0 saturated carbocycles. The number of hydrogen-bond acceptors (Lipinski definition) is 3. The van der Waals surface area contributed by atoms with Crippen molar-refractivity contribution < 1.29 is 0 Å². The van der Waals surface area contributed by atoms with Crippen molar-refractivity contribution in [3.8, 4) is 0 Å². The number of rotatable bonds is 5. The summed E-state index contributed by atoms with van der Waals surface area (Å²) < 4.78 is 2.12. The van der Waals surface area contributed by atoms with Gasteiger partial charge in [0.05, 0.1) is 11.7 Å². The Hall–Kier alpha value is -0.870. The average Bonchev–Trinajstić information content (AvgIpc) is 2.79. The third kappa shape index (κ3) is 3.33. The highest BCUT2D eigenvalue weighted by atomic mass is 15.3. The van der Waals surface area contributed by atoms with Crippen molar-refractivity contribution in [2.24, 2.45) is 5.73 Å². The Morgan fingerprint density at radius 3 is 2.89 bits per heavy atom. The first kappa shape index (κ1) is 13.6. The van der Waals surface area contributed by atoms with Gasteiger partial charge in [-0.05, 0) is 38.3 Å². The second kappa shape index (κ2) is 6.34. The van der Waals surface area contributed by atoms with Crippen molar-refractivity contribution in [3.63, 3.8) is 0 Å². The molecule has 0 aromatic carbocycles. The summed E-state index contributed by atoms with van der Waals surface area (Å²) >= 11 is 0. The fourth-order valence-electron chi connectivity index (χ4n) is 2.79.